The molecule has 0 fully saturated rings. The Morgan fingerprint density at radius 1 is 1.15 bits per heavy atom. The summed E-state index contributed by atoms with van der Waals surface area (Å²) in [5.41, 5.74) is 3.10. The Hall–Kier alpha value is -2.63. The number of methoxy groups -OCH3 is 1. The first-order chi connectivity index (χ1) is 12.7. The van der Waals surface area contributed by atoms with Gasteiger partial charge in [0.15, 0.2) is 0 Å². The lowest BCUT2D eigenvalue weighted by Crippen LogP contribution is -2.14. The number of benzene rings is 2. The zero-order chi connectivity index (χ0) is 18.4. The molecule has 0 aliphatic carbocycles. The minimum atomic E-state index is 0.653. The molecule has 0 amide bonds. The second-order valence-electron chi connectivity index (χ2n) is 5.43. The Labute approximate surface area is 161 Å². The molecule has 0 aliphatic heterocycles. The summed E-state index contributed by atoms with van der Waals surface area (Å²) in [5.74, 6) is 0.830. The largest absolute Gasteiger partial charge is 0.497 e. The van der Waals surface area contributed by atoms with E-state index in [0.29, 0.717) is 11.6 Å². The quantitative estimate of drug-likeness (QED) is 0.335. The third-order valence-corrected chi connectivity index (χ3v) is 4.82. The van der Waals surface area contributed by atoms with Crippen LogP contribution in [0.2, 0.25) is 5.02 Å². The molecular weight excluding hydrogens is 366 g/mol. The van der Waals surface area contributed by atoms with Gasteiger partial charge in [-0.05, 0) is 47.5 Å². The van der Waals surface area contributed by atoms with E-state index in [0.717, 1.165) is 27.4 Å². The van der Waals surface area contributed by atoms with Crippen molar-refractivity contribution >= 4 is 29.2 Å². The van der Waals surface area contributed by atoms with Crippen molar-refractivity contribution in [2.75, 3.05) is 7.11 Å². The minimum absolute atomic E-state index is 0.653. The van der Waals surface area contributed by atoms with Gasteiger partial charge in [0.25, 0.3) is 0 Å². The van der Waals surface area contributed by atoms with Crippen molar-refractivity contribution in [2.45, 2.75) is 6.54 Å². The molecule has 0 saturated heterocycles. The summed E-state index contributed by atoms with van der Waals surface area (Å²) in [7, 11) is 1.66. The standard InChI is InChI=1S/C20H18ClN3OS/c1-3-12-24-19(16-6-10-18(25-2)11-7-16)14-26-20(24)23-22-13-15-4-8-17(21)9-5-15/h3-11,13-14H,1,12H2,2H3/b22-13-,23-20-. The molecule has 0 saturated carbocycles. The highest BCUT2D eigenvalue weighted by molar-refractivity contribution is 7.07. The summed E-state index contributed by atoms with van der Waals surface area (Å²) in [6.07, 6.45) is 3.56. The average Bonchev–Trinajstić information content (AvgIpc) is 3.06. The molecule has 0 atom stereocenters. The number of ether oxygens (including phenoxy) is 1. The number of allylic oxidation sites excluding steroid dienone is 1. The normalized spacial score (nSPS) is 11.8. The van der Waals surface area contributed by atoms with E-state index in [1.54, 1.807) is 24.7 Å². The first kappa shape index (κ1) is 18.2. The SMILES string of the molecule is C=CCn1c(-c2ccc(OC)cc2)cs/c1=N\N=C/c1ccc(Cl)cc1. The van der Waals surface area contributed by atoms with Crippen LogP contribution in [0.4, 0.5) is 0 Å². The third kappa shape index (κ3) is 4.31. The van der Waals surface area contributed by atoms with Crippen LogP contribution in [0.25, 0.3) is 11.3 Å². The molecule has 0 bridgehead atoms. The van der Waals surface area contributed by atoms with E-state index in [1.807, 2.05) is 54.6 Å². The van der Waals surface area contributed by atoms with Crippen LogP contribution >= 0.6 is 22.9 Å². The Morgan fingerprint density at radius 2 is 1.88 bits per heavy atom. The van der Waals surface area contributed by atoms with Crippen LogP contribution in [0.3, 0.4) is 0 Å². The molecule has 3 aromatic rings. The van der Waals surface area contributed by atoms with Crippen LogP contribution in [-0.4, -0.2) is 17.9 Å². The van der Waals surface area contributed by atoms with Crippen LogP contribution in [-0.2, 0) is 6.54 Å². The van der Waals surface area contributed by atoms with Crippen LogP contribution in [0.1, 0.15) is 5.56 Å². The van der Waals surface area contributed by atoms with Gasteiger partial charge in [-0.1, -0.05) is 29.8 Å². The van der Waals surface area contributed by atoms with Crippen LogP contribution in [0.5, 0.6) is 5.75 Å². The van der Waals surface area contributed by atoms with E-state index < -0.39 is 0 Å². The van der Waals surface area contributed by atoms with Gasteiger partial charge in [-0.3, -0.25) is 0 Å². The predicted octanol–water partition coefficient (Wildman–Crippen LogP) is 5.00. The molecule has 0 N–H and O–H groups in total. The highest BCUT2D eigenvalue weighted by Crippen LogP contribution is 2.23. The molecule has 2 aromatic carbocycles. The van der Waals surface area contributed by atoms with Crippen molar-refractivity contribution < 1.29 is 4.74 Å². The molecule has 3 rings (SSSR count). The topological polar surface area (TPSA) is 38.9 Å². The molecule has 0 radical (unpaired) electrons. The Kier molecular flexibility index (Phi) is 6.04. The predicted molar refractivity (Wildman–Crippen MR) is 109 cm³/mol. The van der Waals surface area contributed by atoms with E-state index in [4.69, 9.17) is 16.3 Å². The van der Waals surface area contributed by atoms with Gasteiger partial charge in [0, 0.05) is 16.9 Å². The molecule has 4 nitrogen and oxygen atoms in total. The van der Waals surface area contributed by atoms with Gasteiger partial charge in [-0.2, -0.15) is 5.10 Å². The van der Waals surface area contributed by atoms with Gasteiger partial charge in [0.1, 0.15) is 5.75 Å². The Balaban J connectivity index is 1.93. The lowest BCUT2D eigenvalue weighted by molar-refractivity contribution is 0.415. The monoisotopic (exact) mass is 383 g/mol. The number of hydrogen-bond donors (Lipinski definition) is 0. The molecule has 0 unspecified atom stereocenters. The summed E-state index contributed by atoms with van der Waals surface area (Å²) in [4.78, 5) is 0.806. The highest BCUT2D eigenvalue weighted by atomic mass is 35.5. The number of rotatable bonds is 6. The molecule has 0 aliphatic rings. The van der Waals surface area contributed by atoms with Crippen molar-refractivity contribution in [2.24, 2.45) is 10.2 Å². The maximum Gasteiger partial charge on any atom is 0.211 e. The van der Waals surface area contributed by atoms with Crippen molar-refractivity contribution in [1.82, 2.24) is 4.57 Å². The van der Waals surface area contributed by atoms with Crippen LogP contribution < -0.4 is 9.54 Å². The van der Waals surface area contributed by atoms with Gasteiger partial charge in [0.05, 0.1) is 19.0 Å². The van der Waals surface area contributed by atoms with Gasteiger partial charge < -0.3 is 9.30 Å². The maximum atomic E-state index is 5.89. The summed E-state index contributed by atoms with van der Waals surface area (Å²) >= 11 is 7.43. The van der Waals surface area contributed by atoms with E-state index in [2.05, 4.69) is 26.7 Å². The number of aromatic nitrogens is 1. The minimum Gasteiger partial charge on any atom is -0.497 e. The van der Waals surface area contributed by atoms with E-state index in [9.17, 15) is 0 Å². The lowest BCUT2D eigenvalue weighted by Gasteiger charge is -2.07. The molecule has 132 valence electrons. The van der Waals surface area contributed by atoms with Crippen molar-refractivity contribution in [1.29, 1.82) is 0 Å². The van der Waals surface area contributed by atoms with Gasteiger partial charge >= 0.3 is 0 Å². The first-order valence-electron chi connectivity index (χ1n) is 7.97. The van der Waals surface area contributed by atoms with Crippen LogP contribution in [0.15, 0.2) is 76.8 Å². The smallest absolute Gasteiger partial charge is 0.211 e. The van der Waals surface area contributed by atoms with Crippen LogP contribution in [0, 0.1) is 0 Å². The zero-order valence-electron chi connectivity index (χ0n) is 14.3. The lowest BCUT2D eigenvalue weighted by atomic mass is 10.1. The fraction of sp³-hybridized carbons (Fsp3) is 0.100. The van der Waals surface area contributed by atoms with Gasteiger partial charge in [-0.25, -0.2) is 0 Å². The second kappa shape index (κ2) is 8.65. The van der Waals surface area contributed by atoms with Gasteiger partial charge in [-0.15, -0.1) is 23.0 Å². The second-order valence-corrected chi connectivity index (χ2v) is 6.70. The van der Waals surface area contributed by atoms with E-state index >= 15 is 0 Å². The highest BCUT2D eigenvalue weighted by Gasteiger charge is 2.07. The first-order valence-corrected chi connectivity index (χ1v) is 9.23. The van der Waals surface area contributed by atoms with E-state index in [-0.39, 0.29) is 0 Å². The summed E-state index contributed by atoms with van der Waals surface area (Å²) in [5, 5.41) is 11.3. The maximum absolute atomic E-state index is 5.89. The van der Waals surface area contributed by atoms with Crippen molar-refractivity contribution in [3.8, 4) is 17.0 Å². The fourth-order valence-electron chi connectivity index (χ4n) is 2.40. The van der Waals surface area contributed by atoms with Crippen molar-refractivity contribution in [3.63, 3.8) is 0 Å². The van der Waals surface area contributed by atoms with Crippen molar-refractivity contribution in [3.05, 3.63) is 82.0 Å². The Morgan fingerprint density at radius 3 is 2.54 bits per heavy atom. The number of nitrogens with zero attached hydrogens (tertiary/aromatic N) is 3. The number of halogens is 1. The molecule has 1 heterocycles. The molecule has 0 spiro atoms. The summed E-state index contributed by atoms with van der Waals surface area (Å²) in [6, 6.07) is 15.4. The third-order valence-electron chi connectivity index (χ3n) is 3.72. The molecule has 6 heteroatoms. The molecule has 1 aromatic heterocycles. The average molecular weight is 384 g/mol. The number of hydrogen-bond acceptors (Lipinski definition) is 4. The number of thiazole rings is 1. The molecule has 26 heavy (non-hydrogen) atoms. The Bertz CT molecular complexity index is 970. The summed E-state index contributed by atoms with van der Waals surface area (Å²) in [6.45, 7) is 4.50. The summed E-state index contributed by atoms with van der Waals surface area (Å²) < 4.78 is 7.31. The van der Waals surface area contributed by atoms with E-state index in [1.165, 1.54) is 0 Å². The fourth-order valence-corrected chi connectivity index (χ4v) is 3.40. The van der Waals surface area contributed by atoms with Gasteiger partial charge in [0.2, 0.25) is 4.80 Å². The molecular formula is C20H18ClN3OS. The zero-order valence-corrected chi connectivity index (χ0v) is 15.9.